The number of benzene rings is 1. The summed E-state index contributed by atoms with van der Waals surface area (Å²) in [6.07, 6.45) is 4.07. The average Bonchev–Trinajstić information content (AvgIpc) is 3.34. The van der Waals surface area contributed by atoms with Gasteiger partial charge in [0.2, 0.25) is 11.9 Å². The van der Waals surface area contributed by atoms with Crippen LogP contribution < -0.4 is 14.8 Å². The second-order valence-electron chi connectivity index (χ2n) is 7.95. The number of urea groups is 1. The number of likely N-dealkylation sites (N-methyl/N-ethyl adjacent to an activating group) is 1. The molecule has 4 rings (SSSR count). The number of amides is 4. The molecule has 1 spiro atoms. The molecule has 1 aromatic carbocycles. The molecule has 0 bridgehead atoms. The number of hydrogen-bond donors (Lipinski definition) is 2. The van der Waals surface area contributed by atoms with Gasteiger partial charge < -0.3 is 14.4 Å². The van der Waals surface area contributed by atoms with Crippen molar-refractivity contribution >= 4 is 23.8 Å². The number of nitrogens with one attached hydrogen (secondary N) is 2. The number of ether oxygens (including phenoxy) is 2. The summed E-state index contributed by atoms with van der Waals surface area (Å²) in [6, 6.07) is 4.76. The van der Waals surface area contributed by atoms with E-state index in [1.54, 1.807) is 32.4 Å². The minimum Gasteiger partial charge on any atom is -0.497 e. The number of anilines is 1. The smallest absolute Gasteiger partial charge is 0.327 e. The fraction of sp³-hybridized carbons (Fsp3) is 0.476. The summed E-state index contributed by atoms with van der Waals surface area (Å²) in [5.74, 6) is 0.696. The van der Waals surface area contributed by atoms with E-state index in [0.717, 1.165) is 24.2 Å². The van der Waals surface area contributed by atoms with Crippen LogP contribution in [0.4, 0.5) is 10.7 Å². The molecule has 2 heterocycles. The van der Waals surface area contributed by atoms with Crippen molar-refractivity contribution in [3.05, 3.63) is 18.2 Å². The second kappa shape index (κ2) is 8.48. The van der Waals surface area contributed by atoms with Gasteiger partial charge in [-0.05, 0) is 25.0 Å². The highest BCUT2D eigenvalue weighted by Crippen LogP contribution is 2.39. The van der Waals surface area contributed by atoms with Gasteiger partial charge in [0.1, 0.15) is 23.6 Å². The van der Waals surface area contributed by atoms with Crippen LogP contribution in [-0.4, -0.2) is 76.2 Å². The van der Waals surface area contributed by atoms with Crippen LogP contribution in [0.3, 0.4) is 0 Å². The lowest BCUT2D eigenvalue weighted by molar-refractivity contribution is -0.136. The second-order valence-corrected chi connectivity index (χ2v) is 7.95. The Morgan fingerprint density at radius 3 is 2.62 bits per heavy atom. The minimum atomic E-state index is -0.821. The first-order valence-electron chi connectivity index (χ1n) is 10.4. The summed E-state index contributed by atoms with van der Waals surface area (Å²) < 4.78 is 10.6. The van der Waals surface area contributed by atoms with Crippen molar-refractivity contribution in [2.45, 2.75) is 37.6 Å². The van der Waals surface area contributed by atoms with Crippen LogP contribution in [0, 0.1) is 0 Å². The SMILES string of the molecule is COc1ccc(-c2nc(NC(=O)CN3C(=O)N(C)C4(CCCCC4)C3=O)n[nH]2)c(OC)c1. The molecule has 11 nitrogen and oxygen atoms in total. The van der Waals surface area contributed by atoms with Crippen molar-refractivity contribution in [1.29, 1.82) is 0 Å². The number of imide groups is 1. The third-order valence-electron chi connectivity index (χ3n) is 6.19. The number of carbonyl (C=O) groups is 3. The molecule has 170 valence electrons. The lowest BCUT2D eigenvalue weighted by atomic mass is 9.81. The van der Waals surface area contributed by atoms with Crippen molar-refractivity contribution in [2.24, 2.45) is 0 Å². The summed E-state index contributed by atoms with van der Waals surface area (Å²) >= 11 is 0. The van der Waals surface area contributed by atoms with Crippen molar-refractivity contribution in [3.8, 4) is 22.9 Å². The Hall–Kier alpha value is -3.63. The van der Waals surface area contributed by atoms with E-state index in [0.29, 0.717) is 35.7 Å². The minimum absolute atomic E-state index is 0.0303. The number of hydrogen-bond acceptors (Lipinski definition) is 7. The first-order chi connectivity index (χ1) is 15.4. The largest absolute Gasteiger partial charge is 0.497 e. The van der Waals surface area contributed by atoms with Gasteiger partial charge in [0, 0.05) is 13.1 Å². The third-order valence-corrected chi connectivity index (χ3v) is 6.19. The number of rotatable bonds is 6. The van der Waals surface area contributed by atoms with Crippen LogP contribution in [0.1, 0.15) is 32.1 Å². The van der Waals surface area contributed by atoms with Gasteiger partial charge >= 0.3 is 6.03 Å². The molecule has 1 saturated carbocycles. The predicted molar refractivity (Wildman–Crippen MR) is 114 cm³/mol. The van der Waals surface area contributed by atoms with E-state index in [1.165, 1.54) is 12.0 Å². The molecular formula is C21H26N6O5. The Bertz CT molecular complexity index is 1050. The Balaban J connectivity index is 1.45. The normalized spacial score (nSPS) is 17.7. The molecule has 0 radical (unpaired) electrons. The van der Waals surface area contributed by atoms with Gasteiger partial charge in [-0.15, -0.1) is 5.10 Å². The summed E-state index contributed by atoms with van der Waals surface area (Å²) in [5.41, 5.74) is -0.190. The number of nitrogens with zero attached hydrogens (tertiary/aromatic N) is 4. The summed E-state index contributed by atoms with van der Waals surface area (Å²) in [5, 5.41) is 9.30. The van der Waals surface area contributed by atoms with Crippen molar-refractivity contribution in [1.82, 2.24) is 25.0 Å². The van der Waals surface area contributed by atoms with Crippen LogP contribution in [0.25, 0.3) is 11.4 Å². The van der Waals surface area contributed by atoms with Gasteiger partial charge in [0.25, 0.3) is 5.91 Å². The van der Waals surface area contributed by atoms with E-state index >= 15 is 0 Å². The van der Waals surface area contributed by atoms with E-state index in [9.17, 15) is 14.4 Å². The zero-order valence-corrected chi connectivity index (χ0v) is 18.3. The molecule has 1 aliphatic heterocycles. The Kier molecular flexibility index (Phi) is 5.72. The highest BCUT2D eigenvalue weighted by Gasteiger charge is 2.55. The van der Waals surface area contributed by atoms with Gasteiger partial charge in [0.05, 0.1) is 19.8 Å². The van der Waals surface area contributed by atoms with E-state index in [2.05, 4.69) is 20.5 Å². The molecule has 1 aromatic heterocycles. The van der Waals surface area contributed by atoms with E-state index in [-0.39, 0.29) is 18.4 Å². The van der Waals surface area contributed by atoms with E-state index < -0.39 is 17.5 Å². The number of H-pyrrole nitrogens is 1. The molecule has 2 fully saturated rings. The van der Waals surface area contributed by atoms with Gasteiger partial charge in [-0.2, -0.15) is 4.98 Å². The van der Waals surface area contributed by atoms with Crippen molar-refractivity contribution in [2.75, 3.05) is 33.1 Å². The van der Waals surface area contributed by atoms with Crippen molar-refractivity contribution < 1.29 is 23.9 Å². The fourth-order valence-electron chi connectivity index (χ4n) is 4.41. The van der Waals surface area contributed by atoms with Crippen LogP contribution in [-0.2, 0) is 9.59 Å². The predicted octanol–water partition coefficient (Wildman–Crippen LogP) is 2.02. The first kappa shape index (κ1) is 21.6. The van der Waals surface area contributed by atoms with Gasteiger partial charge in [-0.1, -0.05) is 19.3 Å². The third kappa shape index (κ3) is 3.63. The topological polar surface area (TPSA) is 130 Å². The zero-order valence-electron chi connectivity index (χ0n) is 18.3. The van der Waals surface area contributed by atoms with Crippen molar-refractivity contribution in [3.63, 3.8) is 0 Å². The Morgan fingerprint density at radius 1 is 1.19 bits per heavy atom. The molecule has 32 heavy (non-hydrogen) atoms. The fourth-order valence-corrected chi connectivity index (χ4v) is 4.41. The molecule has 2 N–H and O–H groups in total. The molecule has 2 aliphatic rings. The number of aromatic amines is 1. The van der Waals surface area contributed by atoms with Crippen LogP contribution in [0.5, 0.6) is 11.5 Å². The monoisotopic (exact) mass is 442 g/mol. The Labute approximate surface area is 185 Å². The highest BCUT2D eigenvalue weighted by molar-refractivity contribution is 6.09. The van der Waals surface area contributed by atoms with Crippen LogP contribution in [0.15, 0.2) is 18.2 Å². The molecule has 1 saturated heterocycles. The van der Waals surface area contributed by atoms with Gasteiger partial charge in [0.15, 0.2) is 5.82 Å². The maximum Gasteiger partial charge on any atom is 0.327 e. The summed E-state index contributed by atoms with van der Waals surface area (Å²) in [7, 11) is 4.71. The van der Waals surface area contributed by atoms with Crippen LogP contribution in [0.2, 0.25) is 0 Å². The zero-order chi connectivity index (χ0) is 22.9. The van der Waals surface area contributed by atoms with Gasteiger partial charge in [-0.25, -0.2) is 4.79 Å². The molecular weight excluding hydrogens is 416 g/mol. The van der Waals surface area contributed by atoms with Gasteiger partial charge in [-0.3, -0.25) is 24.9 Å². The lowest BCUT2D eigenvalue weighted by Crippen LogP contribution is -2.49. The number of aromatic nitrogens is 3. The Morgan fingerprint density at radius 2 is 1.94 bits per heavy atom. The first-order valence-corrected chi connectivity index (χ1v) is 10.4. The van der Waals surface area contributed by atoms with E-state index in [1.807, 2.05) is 0 Å². The molecule has 1 aliphatic carbocycles. The standard InChI is InChI=1S/C21H26N6O5/c1-26-20(30)27(18(29)21(26)9-5-4-6-10-21)12-16(28)22-19-23-17(24-25-19)14-8-7-13(31-2)11-15(14)32-3/h7-8,11H,4-6,9-10,12H2,1-3H3,(H2,22,23,24,25,28). The molecule has 2 aromatic rings. The lowest BCUT2D eigenvalue weighted by Gasteiger charge is -2.35. The average molecular weight is 442 g/mol. The highest BCUT2D eigenvalue weighted by atomic mass is 16.5. The summed E-state index contributed by atoms with van der Waals surface area (Å²) in [6.45, 7) is -0.389. The van der Waals surface area contributed by atoms with E-state index in [4.69, 9.17) is 9.47 Å². The maximum atomic E-state index is 13.0. The quantitative estimate of drug-likeness (QED) is 0.655. The maximum absolute atomic E-state index is 13.0. The molecule has 0 unspecified atom stereocenters. The van der Waals surface area contributed by atoms with Crippen LogP contribution >= 0.6 is 0 Å². The number of carbonyl (C=O) groups excluding carboxylic acids is 3. The molecule has 11 heteroatoms. The number of methoxy groups -OCH3 is 2. The molecule has 4 amide bonds. The summed E-state index contributed by atoms with van der Waals surface area (Å²) in [4.78, 5) is 45.1. The molecule has 0 atom stereocenters.